The van der Waals surface area contributed by atoms with E-state index in [1.807, 2.05) is 27.7 Å². The van der Waals surface area contributed by atoms with E-state index in [0.29, 0.717) is 5.82 Å². The van der Waals surface area contributed by atoms with Crippen molar-refractivity contribution in [3.05, 3.63) is 17.1 Å². The molecule has 0 aliphatic rings. The summed E-state index contributed by atoms with van der Waals surface area (Å²) in [6.07, 6.45) is -3.41. The van der Waals surface area contributed by atoms with E-state index in [9.17, 15) is 13.2 Å². The Labute approximate surface area is 123 Å². The summed E-state index contributed by atoms with van der Waals surface area (Å²) in [5.74, 6) is 1.18. The lowest BCUT2D eigenvalue weighted by Crippen LogP contribution is -2.18. The van der Waals surface area contributed by atoms with Gasteiger partial charge in [0.05, 0.1) is 0 Å². The maximum atomic E-state index is 12.1. The Morgan fingerprint density at radius 3 is 2.43 bits per heavy atom. The van der Waals surface area contributed by atoms with Crippen LogP contribution in [0.4, 0.5) is 19.0 Å². The van der Waals surface area contributed by atoms with Gasteiger partial charge >= 0.3 is 6.18 Å². The molecule has 0 saturated carbocycles. The fourth-order valence-electron chi connectivity index (χ4n) is 2.03. The van der Waals surface area contributed by atoms with Crippen LogP contribution in [0.2, 0.25) is 0 Å². The maximum absolute atomic E-state index is 12.1. The molecule has 0 bridgehead atoms. The predicted molar refractivity (Wildman–Crippen MR) is 75.3 cm³/mol. The zero-order valence-corrected chi connectivity index (χ0v) is 12.8. The Morgan fingerprint density at radius 2 is 1.90 bits per heavy atom. The lowest BCUT2D eigenvalue weighted by atomic mass is 10.0. The van der Waals surface area contributed by atoms with Crippen molar-refractivity contribution in [1.82, 2.24) is 9.97 Å². The number of alkyl halides is 3. The van der Waals surface area contributed by atoms with Crippen molar-refractivity contribution in [2.45, 2.75) is 52.8 Å². The zero-order chi connectivity index (χ0) is 16.0. The van der Waals surface area contributed by atoms with Crippen LogP contribution in [0.25, 0.3) is 0 Å². The second-order valence-corrected chi connectivity index (χ2v) is 5.18. The van der Waals surface area contributed by atoms with Crippen LogP contribution < -0.4 is 5.32 Å². The van der Waals surface area contributed by atoms with Gasteiger partial charge in [0.15, 0.2) is 5.82 Å². The average Bonchev–Trinajstić information content (AvgIpc) is 2.33. The smallest absolute Gasteiger partial charge is 0.370 e. The van der Waals surface area contributed by atoms with E-state index >= 15 is 0 Å². The number of halogens is 3. The first-order chi connectivity index (χ1) is 9.74. The minimum Gasteiger partial charge on any atom is -0.370 e. The molecule has 0 aromatic carbocycles. The summed E-state index contributed by atoms with van der Waals surface area (Å²) in [6.45, 7) is 7.13. The SMILES string of the molecule is CCCNc1nc(COCC(F)(F)F)nc(C)c1C(C)C. The number of ether oxygens (including phenoxy) is 1. The van der Waals surface area contributed by atoms with Gasteiger partial charge < -0.3 is 10.1 Å². The highest BCUT2D eigenvalue weighted by atomic mass is 19.4. The molecule has 7 heteroatoms. The van der Waals surface area contributed by atoms with Gasteiger partial charge in [-0.3, -0.25) is 0 Å². The summed E-state index contributed by atoms with van der Waals surface area (Å²) in [5.41, 5.74) is 1.76. The molecule has 0 amide bonds. The third kappa shape index (κ3) is 5.87. The van der Waals surface area contributed by atoms with E-state index in [-0.39, 0.29) is 18.3 Å². The van der Waals surface area contributed by atoms with Crippen molar-refractivity contribution in [1.29, 1.82) is 0 Å². The molecule has 1 aromatic rings. The summed E-state index contributed by atoms with van der Waals surface area (Å²) in [7, 11) is 0. The molecule has 0 fully saturated rings. The molecule has 4 nitrogen and oxygen atoms in total. The summed E-state index contributed by atoms with van der Waals surface area (Å²) >= 11 is 0. The quantitative estimate of drug-likeness (QED) is 0.832. The highest BCUT2D eigenvalue weighted by Crippen LogP contribution is 2.25. The van der Waals surface area contributed by atoms with Crippen LogP contribution in [0.1, 0.15) is 50.2 Å². The standard InChI is InChI=1S/C14H22F3N3O/c1-5-6-18-13-12(9(2)3)10(4)19-11(20-13)7-21-8-14(15,16)17/h9H,5-8H2,1-4H3,(H,18,19,20). The van der Waals surface area contributed by atoms with Crippen molar-refractivity contribution < 1.29 is 17.9 Å². The van der Waals surface area contributed by atoms with Gasteiger partial charge in [-0.2, -0.15) is 13.2 Å². The molecule has 120 valence electrons. The van der Waals surface area contributed by atoms with Crippen molar-refractivity contribution >= 4 is 5.82 Å². The highest BCUT2D eigenvalue weighted by molar-refractivity contribution is 5.48. The van der Waals surface area contributed by atoms with Gasteiger partial charge in [0.2, 0.25) is 0 Å². The molecule has 0 atom stereocenters. The predicted octanol–water partition coefficient (Wildman–Crippen LogP) is 3.81. The van der Waals surface area contributed by atoms with Crippen LogP contribution in [0.3, 0.4) is 0 Å². The maximum Gasteiger partial charge on any atom is 0.411 e. The first kappa shape index (κ1) is 17.7. The van der Waals surface area contributed by atoms with Gasteiger partial charge in [0.1, 0.15) is 19.0 Å². The monoisotopic (exact) mass is 305 g/mol. The fourth-order valence-corrected chi connectivity index (χ4v) is 2.03. The summed E-state index contributed by atoms with van der Waals surface area (Å²) in [6, 6.07) is 0. The molecule has 1 heterocycles. The number of nitrogens with zero attached hydrogens (tertiary/aromatic N) is 2. The van der Waals surface area contributed by atoms with Gasteiger partial charge in [0.25, 0.3) is 0 Å². The highest BCUT2D eigenvalue weighted by Gasteiger charge is 2.27. The fraction of sp³-hybridized carbons (Fsp3) is 0.714. The molecule has 21 heavy (non-hydrogen) atoms. The lowest BCUT2D eigenvalue weighted by Gasteiger charge is -2.17. The molecule has 0 unspecified atom stereocenters. The third-order valence-corrected chi connectivity index (χ3v) is 2.80. The Bertz CT molecular complexity index is 462. The van der Waals surface area contributed by atoms with Crippen molar-refractivity contribution in [2.24, 2.45) is 0 Å². The van der Waals surface area contributed by atoms with Crippen LogP contribution in [0.5, 0.6) is 0 Å². The number of nitrogens with one attached hydrogen (secondary N) is 1. The Balaban J connectivity index is 2.89. The van der Waals surface area contributed by atoms with E-state index < -0.39 is 12.8 Å². The summed E-state index contributed by atoms with van der Waals surface area (Å²) < 4.78 is 40.8. The van der Waals surface area contributed by atoms with Crippen molar-refractivity contribution in [2.75, 3.05) is 18.5 Å². The largest absolute Gasteiger partial charge is 0.411 e. The molecule has 0 radical (unpaired) electrons. The normalized spacial score (nSPS) is 12.0. The molecule has 0 aliphatic carbocycles. The molecule has 1 rings (SSSR count). The molecule has 0 aliphatic heterocycles. The molecule has 0 saturated heterocycles. The minimum atomic E-state index is -4.34. The van der Waals surface area contributed by atoms with Gasteiger partial charge in [0, 0.05) is 17.8 Å². The van der Waals surface area contributed by atoms with E-state index in [1.54, 1.807) is 0 Å². The van der Waals surface area contributed by atoms with Gasteiger partial charge in [-0.1, -0.05) is 20.8 Å². The third-order valence-electron chi connectivity index (χ3n) is 2.80. The van der Waals surface area contributed by atoms with Crippen LogP contribution in [-0.2, 0) is 11.3 Å². The number of hydrogen-bond donors (Lipinski definition) is 1. The van der Waals surface area contributed by atoms with Gasteiger partial charge in [-0.25, -0.2) is 9.97 Å². The van der Waals surface area contributed by atoms with Crippen LogP contribution in [-0.4, -0.2) is 29.3 Å². The second kappa shape index (κ2) is 7.59. The second-order valence-electron chi connectivity index (χ2n) is 5.18. The molecule has 1 aromatic heterocycles. The molecular weight excluding hydrogens is 283 g/mol. The number of aryl methyl sites for hydroxylation is 1. The van der Waals surface area contributed by atoms with Crippen molar-refractivity contribution in [3.63, 3.8) is 0 Å². The van der Waals surface area contributed by atoms with Gasteiger partial charge in [-0.05, 0) is 19.3 Å². The van der Waals surface area contributed by atoms with Crippen molar-refractivity contribution in [3.8, 4) is 0 Å². The number of hydrogen-bond acceptors (Lipinski definition) is 4. The number of rotatable bonds is 7. The Kier molecular flexibility index (Phi) is 6.39. The molecule has 1 N–H and O–H groups in total. The summed E-state index contributed by atoms with van der Waals surface area (Å²) in [5, 5.41) is 3.20. The molecular formula is C14H22F3N3O. The zero-order valence-electron chi connectivity index (χ0n) is 12.8. The van der Waals surface area contributed by atoms with Gasteiger partial charge in [-0.15, -0.1) is 0 Å². The Hall–Kier alpha value is -1.37. The number of anilines is 1. The first-order valence-corrected chi connectivity index (χ1v) is 7.00. The van der Waals surface area contributed by atoms with Crippen LogP contribution in [0, 0.1) is 6.92 Å². The topological polar surface area (TPSA) is 47.0 Å². The van der Waals surface area contributed by atoms with E-state index in [4.69, 9.17) is 0 Å². The van der Waals surface area contributed by atoms with E-state index in [2.05, 4.69) is 20.0 Å². The van der Waals surface area contributed by atoms with Crippen LogP contribution >= 0.6 is 0 Å². The Morgan fingerprint density at radius 1 is 1.24 bits per heavy atom. The average molecular weight is 305 g/mol. The first-order valence-electron chi connectivity index (χ1n) is 7.00. The summed E-state index contributed by atoms with van der Waals surface area (Å²) in [4.78, 5) is 8.54. The minimum absolute atomic E-state index is 0.231. The number of aromatic nitrogens is 2. The van der Waals surface area contributed by atoms with E-state index in [1.165, 1.54) is 0 Å². The van der Waals surface area contributed by atoms with E-state index in [0.717, 1.165) is 24.2 Å². The lowest BCUT2D eigenvalue weighted by molar-refractivity contribution is -0.177. The molecule has 0 spiro atoms. The van der Waals surface area contributed by atoms with Crippen LogP contribution in [0.15, 0.2) is 0 Å².